The lowest BCUT2D eigenvalue weighted by molar-refractivity contribution is -0.107. The third-order valence-electron chi connectivity index (χ3n) is 2.56. The Balaban J connectivity index is 2.14. The fourth-order valence-corrected chi connectivity index (χ4v) is 1.71. The molecule has 0 aliphatic carbocycles. The highest BCUT2D eigenvalue weighted by Crippen LogP contribution is 2.22. The Morgan fingerprint density at radius 2 is 1.71 bits per heavy atom. The molecule has 0 radical (unpaired) electrons. The van der Waals surface area contributed by atoms with Crippen LogP contribution in [0, 0.1) is 0 Å². The molecular formula is C15H15NO. The van der Waals surface area contributed by atoms with E-state index in [4.69, 9.17) is 0 Å². The molecule has 0 saturated heterocycles. The van der Waals surface area contributed by atoms with Crippen molar-refractivity contribution in [3.63, 3.8) is 0 Å². The summed E-state index contributed by atoms with van der Waals surface area (Å²) >= 11 is 0. The van der Waals surface area contributed by atoms with Gasteiger partial charge in [-0.25, -0.2) is 0 Å². The molecule has 0 unspecified atom stereocenters. The van der Waals surface area contributed by atoms with Crippen LogP contribution in [-0.4, -0.2) is 12.8 Å². The number of aldehydes is 1. The molecule has 2 heteroatoms. The third-order valence-corrected chi connectivity index (χ3v) is 2.56. The van der Waals surface area contributed by atoms with Gasteiger partial charge in [-0.2, -0.15) is 0 Å². The Kier molecular flexibility index (Phi) is 3.92. The van der Waals surface area contributed by atoms with Crippen molar-refractivity contribution in [1.82, 2.24) is 0 Å². The average Bonchev–Trinajstić information content (AvgIpc) is 2.41. The molecular weight excluding hydrogens is 210 g/mol. The molecule has 0 aromatic heterocycles. The van der Waals surface area contributed by atoms with Crippen LogP contribution in [-0.2, 0) is 4.79 Å². The summed E-state index contributed by atoms with van der Waals surface area (Å²) in [6.45, 7) is 0.682. The smallest absolute Gasteiger partial charge is 0.121 e. The number of rotatable bonds is 5. The predicted octanol–water partition coefficient (Wildman–Crippen LogP) is 3.35. The molecule has 2 aromatic carbocycles. The maximum atomic E-state index is 10.2. The lowest BCUT2D eigenvalue weighted by atomic mass is 10.1. The van der Waals surface area contributed by atoms with Crippen LogP contribution in [0.1, 0.15) is 6.42 Å². The predicted molar refractivity (Wildman–Crippen MR) is 71.0 cm³/mol. The Hall–Kier alpha value is -2.09. The van der Waals surface area contributed by atoms with Crippen LogP contribution in [0.2, 0.25) is 0 Å². The van der Waals surface area contributed by atoms with Crippen LogP contribution >= 0.6 is 0 Å². The minimum absolute atomic E-state index is 0.537. The number of hydrogen-bond acceptors (Lipinski definition) is 2. The number of carbonyl (C=O) groups is 1. The molecule has 0 atom stereocenters. The molecule has 17 heavy (non-hydrogen) atoms. The highest BCUT2D eigenvalue weighted by Gasteiger charge is 1.97. The van der Waals surface area contributed by atoms with Crippen molar-refractivity contribution in [2.45, 2.75) is 6.42 Å². The van der Waals surface area contributed by atoms with Crippen molar-refractivity contribution in [3.8, 4) is 11.1 Å². The van der Waals surface area contributed by atoms with Gasteiger partial charge in [-0.15, -0.1) is 0 Å². The number of anilines is 1. The summed E-state index contributed by atoms with van der Waals surface area (Å²) in [7, 11) is 0. The zero-order valence-electron chi connectivity index (χ0n) is 9.60. The zero-order valence-corrected chi connectivity index (χ0v) is 9.60. The van der Waals surface area contributed by atoms with Crippen LogP contribution in [0.25, 0.3) is 11.1 Å². The van der Waals surface area contributed by atoms with E-state index in [-0.39, 0.29) is 0 Å². The minimum Gasteiger partial charge on any atom is -0.385 e. The van der Waals surface area contributed by atoms with Crippen LogP contribution in [0.15, 0.2) is 54.6 Å². The largest absolute Gasteiger partial charge is 0.385 e. The van der Waals surface area contributed by atoms with Gasteiger partial charge in [0.25, 0.3) is 0 Å². The lowest BCUT2D eigenvalue weighted by Crippen LogP contribution is -2.01. The molecule has 0 aliphatic heterocycles. The van der Waals surface area contributed by atoms with E-state index < -0.39 is 0 Å². The summed E-state index contributed by atoms with van der Waals surface area (Å²) in [5, 5.41) is 3.22. The van der Waals surface area contributed by atoms with Gasteiger partial charge in [0.05, 0.1) is 0 Å². The normalized spacial score (nSPS) is 9.88. The maximum absolute atomic E-state index is 10.2. The van der Waals surface area contributed by atoms with Gasteiger partial charge in [-0.1, -0.05) is 42.5 Å². The molecule has 0 fully saturated rings. The van der Waals surface area contributed by atoms with E-state index in [9.17, 15) is 4.79 Å². The first-order chi connectivity index (χ1) is 8.40. The van der Waals surface area contributed by atoms with E-state index in [0.717, 1.165) is 12.0 Å². The summed E-state index contributed by atoms with van der Waals surface area (Å²) in [5.74, 6) is 0. The molecule has 0 saturated carbocycles. The van der Waals surface area contributed by atoms with Gasteiger partial charge in [0, 0.05) is 18.7 Å². The zero-order chi connectivity index (χ0) is 11.9. The molecule has 2 nitrogen and oxygen atoms in total. The van der Waals surface area contributed by atoms with Crippen LogP contribution in [0.4, 0.5) is 5.69 Å². The van der Waals surface area contributed by atoms with Crippen molar-refractivity contribution in [2.24, 2.45) is 0 Å². The van der Waals surface area contributed by atoms with E-state index in [1.165, 1.54) is 11.1 Å². The summed E-state index contributed by atoms with van der Waals surface area (Å²) in [6.07, 6.45) is 1.46. The minimum atomic E-state index is 0.537. The Morgan fingerprint density at radius 1 is 0.941 bits per heavy atom. The number of carbonyl (C=O) groups excluding carboxylic acids is 1. The molecule has 0 amide bonds. The number of nitrogens with one attached hydrogen (secondary N) is 1. The molecule has 0 aliphatic rings. The second kappa shape index (κ2) is 5.85. The number of benzene rings is 2. The van der Waals surface area contributed by atoms with Crippen molar-refractivity contribution >= 4 is 12.0 Å². The van der Waals surface area contributed by atoms with E-state index >= 15 is 0 Å². The first-order valence-electron chi connectivity index (χ1n) is 5.73. The SMILES string of the molecule is O=CCCNc1cccc(-c2ccccc2)c1. The van der Waals surface area contributed by atoms with E-state index in [1.54, 1.807) is 0 Å². The topological polar surface area (TPSA) is 29.1 Å². The standard InChI is InChI=1S/C15H15NO/c17-11-5-10-16-15-9-4-8-14(12-15)13-6-2-1-3-7-13/h1-4,6-9,11-12,16H,5,10H2. The molecule has 2 rings (SSSR count). The van der Waals surface area contributed by atoms with Crippen LogP contribution < -0.4 is 5.32 Å². The second-order valence-electron chi connectivity index (χ2n) is 3.83. The summed E-state index contributed by atoms with van der Waals surface area (Å²) in [5.41, 5.74) is 3.43. The molecule has 0 spiro atoms. The third kappa shape index (κ3) is 3.18. The van der Waals surface area contributed by atoms with Crippen molar-refractivity contribution in [1.29, 1.82) is 0 Å². The van der Waals surface area contributed by atoms with Crippen molar-refractivity contribution in [2.75, 3.05) is 11.9 Å². The fourth-order valence-electron chi connectivity index (χ4n) is 1.71. The second-order valence-corrected chi connectivity index (χ2v) is 3.83. The Bertz CT molecular complexity index is 479. The van der Waals surface area contributed by atoms with Gasteiger partial charge in [-0.05, 0) is 23.3 Å². The molecule has 1 N–H and O–H groups in total. The van der Waals surface area contributed by atoms with Gasteiger partial charge < -0.3 is 10.1 Å². The summed E-state index contributed by atoms with van der Waals surface area (Å²) in [6, 6.07) is 18.5. The first kappa shape index (κ1) is 11.4. The monoisotopic (exact) mass is 225 g/mol. The van der Waals surface area contributed by atoms with Crippen LogP contribution in [0.5, 0.6) is 0 Å². The Labute approximate surface area is 101 Å². The highest BCUT2D eigenvalue weighted by atomic mass is 16.1. The maximum Gasteiger partial charge on any atom is 0.121 e. The summed E-state index contributed by atoms with van der Waals surface area (Å²) in [4.78, 5) is 10.2. The fraction of sp³-hybridized carbons (Fsp3) is 0.133. The quantitative estimate of drug-likeness (QED) is 0.624. The first-order valence-corrected chi connectivity index (χ1v) is 5.73. The van der Waals surface area contributed by atoms with Gasteiger partial charge in [0.15, 0.2) is 0 Å². The molecule has 86 valence electrons. The average molecular weight is 225 g/mol. The van der Waals surface area contributed by atoms with E-state index in [0.29, 0.717) is 13.0 Å². The Morgan fingerprint density at radius 3 is 2.47 bits per heavy atom. The number of hydrogen-bond donors (Lipinski definition) is 1. The molecule has 0 bridgehead atoms. The van der Waals surface area contributed by atoms with Crippen molar-refractivity contribution in [3.05, 3.63) is 54.6 Å². The van der Waals surface area contributed by atoms with Gasteiger partial charge in [-0.3, -0.25) is 0 Å². The van der Waals surface area contributed by atoms with Gasteiger partial charge in [0.2, 0.25) is 0 Å². The molecule has 0 heterocycles. The lowest BCUT2D eigenvalue weighted by Gasteiger charge is -2.07. The van der Waals surface area contributed by atoms with Crippen LogP contribution in [0.3, 0.4) is 0 Å². The van der Waals surface area contributed by atoms with E-state index in [1.807, 2.05) is 30.3 Å². The van der Waals surface area contributed by atoms with Gasteiger partial charge >= 0.3 is 0 Å². The van der Waals surface area contributed by atoms with Crippen molar-refractivity contribution < 1.29 is 4.79 Å². The van der Waals surface area contributed by atoms with Gasteiger partial charge in [0.1, 0.15) is 6.29 Å². The van der Waals surface area contributed by atoms with E-state index in [2.05, 4.69) is 29.6 Å². The molecule has 2 aromatic rings. The highest BCUT2D eigenvalue weighted by molar-refractivity contribution is 5.68. The summed E-state index contributed by atoms with van der Waals surface area (Å²) < 4.78 is 0.